The van der Waals surface area contributed by atoms with Gasteiger partial charge in [0.15, 0.2) is 0 Å². The Morgan fingerprint density at radius 1 is 1.22 bits per heavy atom. The lowest BCUT2D eigenvalue weighted by Gasteiger charge is -2.34. The molecule has 0 amide bonds. The number of halogens is 2. The summed E-state index contributed by atoms with van der Waals surface area (Å²) < 4.78 is 13.8. The van der Waals surface area contributed by atoms with Crippen LogP contribution in [0, 0.1) is 23.1 Å². The molecular formula is C27H26BClFN7. The van der Waals surface area contributed by atoms with Crippen LogP contribution in [0.2, 0.25) is 5.02 Å². The molecule has 1 atom stereocenters. The Labute approximate surface area is 221 Å². The van der Waals surface area contributed by atoms with Crippen molar-refractivity contribution in [2.75, 3.05) is 17.2 Å². The predicted molar refractivity (Wildman–Crippen MR) is 144 cm³/mol. The fourth-order valence-corrected chi connectivity index (χ4v) is 5.00. The molecule has 2 radical (unpaired) electrons. The Balaban J connectivity index is 1.40. The van der Waals surface area contributed by atoms with Gasteiger partial charge in [0, 0.05) is 36.1 Å². The molecular weight excluding hydrogens is 488 g/mol. The van der Waals surface area contributed by atoms with E-state index in [0.717, 1.165) is 37.1 Å². The molecule has 3 aliphatic rings. The Kier molecular flexibility index (Phi) is 6.09. The van der Waals surface area contributed by atoms with Crippen molar-refractivity contribution in [2.45, 2.75) is 43.6 Å². The van der Waals surface area contributed by atoms with Gasteiger partial charge in [0.25, 0.3) is 0 Å². The third-order valence-electron chi connectivity index (χ3n) is 7.19. The number of fused-ring (bicyclic) bond motifs is 1. The normalized spacial score (nSPS) is 18.6. The van der Waals surface area contributed by atoms with Gasteiger partial charge in [-0.25, -0.2) is 4.39 Å². The van der Waals surface area contributed by atoms with Gasteiger partial charge in [0.2, 0.25) is 0 Å². The van der Waals surface area contributed by atoms with Gasteiger partial charge < -0.3 is 16.1 Å². The average Bonchev–Trinajstić information content (AvgIpc) is 3.84. The van der Waals surface area contributed by atoms with Crippen molar-refractivity contribution in [3.8, 4) is 6.07 Å². The zero-order chi connectivity index (χ0) is 25.6. The highest BCUT2D eigenvalue weighted by atomic mass is 35.5. The van der Waals surface area contributed by atoms with Crippen LogP contribution in [-0.2, 0) is 5.44 Å². The van der Waals surface area contributed by atoms with E-state index < -0.39 is 5.44 Å². The van der Waals surface area contributed by atoms with Crippen LogP contribution in [0.1, 0.15) is 43.2 Å². The molecule has 4 N–H and O–H groups in total. The molecule has 1 aliphatic heterocycles. The first-order valence-corrected chi connectivity index (χ1v) is 12.9. The molecule has 7 nitrogen and oxygen atoms in total. The van der Waals surface area contributed by atoms with Crippen LogP contribution in [-0.4, -0.2) is 30.4 Å². The minimum Gasteiger partial charge on any atom is -0.383 e. The number of nitrogens with zero attached hydrogens (tertiary/aromatic N) is 3. The van der Waals surface area contributed by atoms with E-state index in [-0.39, 0.29) is 5.82 Å². The Morgan fingerprint density at radius 3 is 2.70 bits per heavy atom. The SMILES string of the molecule is [B]C(Nc1cc(Cl)c2ncc(C#N)c(NCCC3CC3)c2c1)(C1=CN(C2CC2)NN1)c1ccc(F)cc1. The minimum atomic E-state index is -1.23. The quantitative estimate of drug-likeness (QED) is 0.304. The van der Waals surface area contributed by atoms with Gasteiger partial charge in [0.05, 0.1) is 32.9 Å². The van der Waals surface area contributed by atoms with Gasteiger partial charge in [-0.3, -0.25) is 9.99 Å². The van der Waals surface area contributed by atoms with Crippen LogP contribution in [0.4, 0.5) is 15.8 Å². The van der Waals surface area contributed by atoms with Crippen LogP contribution in [0.3, 0.4) is 0 Å². The molecule has 0 spiro atoms. The lowest BCUT2D eigenvalue weighted by atomic mass is 9.69. The summed E-state index contributed by atoms with van der Waals surface area (Å²) in [6, 6.07) is 12.4. The number of nitriles is 1. The van der Waals surface area contributed by atoms with Crippen LogP contribution in [0.25, 0.3) is 10.9 Å². The van der Waals surface area contributed by atoms with Crippen molar-refractivity contribution in [1.29, 1.82) is 5.26 Å². The fourth-order valence-electron chi connectivity index (χ4n) is 4.73. The molecule has 3 aromatic rings. The van der Waals surface area contributed by atoms with Crippen LogP contribution in [0.5, 0.6) is 0 Å². The first kappa shape index (κ1) is 23.9. The maximum absolute atomic E-state index is 13.8. The summed E-state index contributed by atoms with van der Waals surface area (Å²) in [5.74, 6) is 0.416. The molecule has 1 aromatic heterocycles. The van der Waals surface area contributed by atoms with Gasteiger partial charge in [-0.2, -0.15) is 5.26 Å². The van der Waals surface area contributed by atoms with Gasteiger partial charge in [-0.15, -0.1) is 5.53 Å². The summed E-state index contributed by atoms with van der Waals surface area (Å²) in [5, 5.41) is 19.8. The second-order valence-electron chi connectivity index (χ2n) is 10.0. The molecule has 0 saturated heterocycles. The Hall–Kier alpha value is -3.48. The topological polar surface area (TPSA) is 88.0 Å². The number of nitrogens with one attached hydrogen (secondary N) is 4. The smallest absolute Gasteiger partial charge is 0.123 e. The number of benzene rings is 2. The summed E-state index contributed by atoms with van der Waals surface area (Å²) in [6.07, 6.45) is 9.29. The zero-order valence-corrected chi connectivity index (χ0v) is 20.9. The Morgan fingerprint density at radius 2 is 2.00 bits per heavy atom. The number of aromatic nitrogens is 1. The number of hydrogen-bond donors (Lipinski definition) is 4. The zero-order valence-electron chi connectivity index (χ0n) is 20.2. The van der Waals surface area contributed by atoms with Crippen molar-refractivity contribution in [2.24, 2.45) is 5.92 Å². The average molecular weight is 514 g/mol. The van der Waals surface area contributed by atoms with Crippen molar-refractivity contribution < 1.29 is 4.39 Å². The monoisotopic (exact) mass is 513 g/mol. The van der Waals surface area contributed by atoms with E-state index in [1.807, 2.05) is 17.3 Å². The highest BCUT2D eigenvalue weighted by Crippen LogP contribution is 2.38. The van der Waals surface area contributed by atoms with Crippen LogP contribution >= 0.6 is 11.6 Å². The lowest BCUT2D eigenvalue weighted by molar-refractivity contribution is 0.260. The van der Waals surface area contributed by atoms with Crippen LogP contribution in [0.15, 0.2) is 54.5 Å². The summed E-state index contributed by atoms with van der Waals surface area (Å²) in [5.41, 5.74) is 8.85. The van der Waals surface area contributed by atoms with Gasteiger partial charge in [0.1, 0.15) is 19.7 Å². The molecule has 1 unspecified atom stereocenters. The number of anilines is 2. The minimum absolute atomic E-state index is 0.344. The lowest BCUT2D eigenvalue weighted by Crippen LogP contribution is -2.45. The highest BCUT2D eigenvalue weighted by Gasteiger charge is 2.37. The van der Waals surface area contributed by atoms with Crippen molar-refractivity contribution >= 4 is 41.7 Å². The number of rotatable bonds is 9. The fraction of sp³-hybridized carbons (Fsp3) is 0.333. The third kappa shape index (κ3) is 4.79. The molecule has 2 fully saturated rings. The summed E-state index contributed by atoms with van der Waals surface area (Å²) in [6.45, 7) is 0.767. The van der Waals surface area contributed by atoms with E-state index in [1.165, 1.54) is 25.0 Å². The maximum atomic E-state index is 13.8. The van der Waals surface area contributed by atoms with Gasteiger partial charge in [-0.05, 0) is 55.0 Å². The number of pyridine rings is 1. The third-order valence-corrected chi connectivity index (χ3v) is 7.48. The molecule has 2 aromatic carbocycles. The first-order valence-electron chi connectivity index (χ1n) is 12.6. The van der Waals surface area contributed by atoms with E-state index in [0.29, 0.717) is 44.8 Å². The van der Waals surface area contributed by atoms with Gasteiger partial charge in [-0.1, -0.05) is 36.6 Å². The highest BCUT2D eigenvalue weighted by molar-refractivity contribution is 6.36. The largest absolute Gasteiger partial charge is 0.383 e. The number of hydrogen-bond acceptors (Lipinski definition) is 7. The summed E-state index contributed by atoms with van der Waals surface area (Å²) in [4.78, 5) is 4.45. The van der Waals surface area contributed by atoms with Gasteiger partial charge >= 0.3 is 0 Å². The van der Waals surface area contributed by atoms with E-state index in [9.17, 15) is 9.65 Å². The van der Waals surface area contributed by atoms with Crippen molar-refractivity contribution in [3.63, 3.8) is 0 Å². The van der Waals surface area contributed by atoms with Crippen molar-refractivity contribution in [3.05, 3.63) is 76.5 Å². The van der Waals surface area contributed by atoms with E-state index in [4.69, 9.17) is 19.4 Å². The Bertz CT molecular complexity index is 1420. The molecule has 10 heteroatoms. The molecule has 2 aliphatic carbocycles. The molecule has 186 valence electrons. The maximum Gasteiger partial charge on any atom is 0.123 e. The van der Waals surface area contributed by atoms with E-state index in [2.05, 4.69) is 32.6 Å². The molecule has 37 heavy (non-hydrogen) atoms. The summed E-state index contributed by atoms with van der Waals surface area (Å²) in [7, 11) is 7.04. The molecule has 2 heterocycles. The van der Waals surface area contributed by atoms with Crippen molar-refractivity contribution in [1.82, 2.24) is 21.0 Å². The molecule has 6 rings (SSSR count). The summed E-state index contributed by atoms with van der Waals surface area (Å²) >= 11 is 6.70. The molecule has 0 bridgehead atoms. The standard InChI is InChI=1S/C27H26BClFN7/c28-27(18-3-5-19(30)6-4-18,24-15-37(36-35-24)21-7-8-21)34-20-11-22-25(32-10-9-16-1-2-16)17(13-31)14-33-26(22)23(29)12-20/h3-6,11-12,14-16,21,34-36H,1-2,7-10H2,(H,32,33). The second kappa shape index (κ2) is 9.44. The molecule has 2 saturated carbocycles. The van der Waals surface area contributed by atoms with E-state index >= 15 is 0 Å². The van der Waals surface area contributed by atoms with Crippen LogP contribution < -0.4 is 21.6 Å². The number of hydrazine groups is 2. The predicted octanol–water partition coefficient (Wildman–Crippen LogP) is 4.87. The first-order chi connectivity index (χ1) is 17.9. The second-order valence-corrected chi connectivity index (χ2v) is 10.4. The van der Waals surface area contributed by atoms with E-state index in [1.54, 1.807) is 24.4 Å².